The highest BCUT2D eigenvalue weighted by molar-refractivity contribution is 7.92. The van der Waals surface area contributed by atoms with Crippen molar-refractivity contribution in [3.05, 3.63) is 62.6 Å². The Bertz CT molecular complexity index is 1170. The zero-order valence-electron chi connectivity index (χ0n) is 20.9. The number of nitrogens with one attached hydrogen (secondary N) is 1. The molecule has 0 heterocycles. The lowest BCUT2D eigenvalue weighted by Crippen LogP contribution is -2.52. The highest BCUT2D eigenvalue weighted by atomic mass is 35.5. The average molecular weight is 577 g/mol. The first-order valence-electron chi connectivity index (χ1n) is 11.6. The molecule has 0 aromatic heterocycles. The number of benzene rings is 2. The molecule has 2 aromatic carbocycles. The fraction of sp³-hybridized carbons (Fsp3) is 0.440. The fourth-order valence-corrected chi connectivity index (χ4v) is 5.16. The van der Waals surface area contributed by atoms with E-state index in [1.807, 2.05) is 6.92 Å². The third-order valence-corrected chi connectivity index (χ3v) is 7.98. The lowest BCUT2D eigenvalue weighted by atomic mass is 10.1. The molecule has 0 bridgehead atoms. The summed E-state index contributed by atoms with van der Waals surface area (Å²) in [5.74, 6) is -0.905. The van der Waals surface area contributed by atoms with Crippen molar-refractivity contribution < 1.29 is 18.0 Å². The highest BCUT2D eigenvalue weighted by Crippen LogP contribution is 2.28. The van der Waals surface area contributed by atoms with Crippen molar-refractivity contribution in [1.29, 1.82) is 0 Å². The average Bonchev–Trinajstić information content (AvgIpc) is 2.80. The quantitative estimate of drug-likeness (QED) is 0.341. The van der Waals surface area contributed by atoms with E-state index in [0.29, 0.717) is 33.6 Å². The molecular formula is C25H32Cl3N3O4S. The number of halogens is 3. The molecule has 0 aliphatic carbocycles. The fourth-order valence-electron chi connectivity index (χ4n) is 3.63. The van der Waals surface area contributed by atoms with E-state index in [4.69, 9.17) is 34.8 Å². The number of carbonyl (C=O) groups excluding carboxylic acids is 2. The van der Waals surface area contributed by atoms with Gasteiger partial charge >= 0.3 is 0 Å². The molecule has 0 saturated heterocycles. The highest BCUT2D eigenvalue weighted by Gasteiger charge is 2.32. The van der Waals surface area contributed by atoms with Crippen molar-refractivity contribution in [2.24, 2.45) is 0 Å². The van der Waals surface area contributed by atoms with E-state index in [9.17, 15) is 18.0 Å². The summed E-state index contributed by atoms with van der Waals surface area (Å²) in [7, 11) is -3.86. The zero-order chi connectivity index (χ0) is 27.0. The number of sulfonamides is 1. The summed E-state index contributed by atoms with van der Waals surface area (Å²) in [4.78, 5) is 28.1. The van der Waals surface area contributed by atoms with Crippen LogP contribution in [0.5, 0.6) is 0 Å². The van der Waals surface area contributed by atoms with Crippen LogP contribution >= 0.6 is 34.8 Å². The van der Waals surface area contributed by atoms with Gasteiger partial charge in [-0.25, -0.2) is 8.42 Å². The van der Waals surface area contributed by atoms with Gasteiger partial charge < -0.3 is 10.2 Å². The monoisotopic (exact) mass is 575 g/mol. The normalized spacial score (nSPS) is 12.2. The molecule has 2 amide bonds. The molecule has 1 atom stereocenters. The zero-order valence-corrected chi connectivity index (χ0v) is 23.9. The number of hydrogen-bond donors (Lipinski definition) is 1. The number of amides is 2. The number of hydrogen-bond acceptors (Lipinski definition) is 4. The number of aryl methyl sites for hydroxylation is 1. The van der Waals surface area contributed by atoms with Gasteiger partial charge in [-0.15, -0.1) is 0 Å². The minimum atomic E-state index is -3.86. The van der Waals surface area contributed by atoms with Gasteiger partial charge in [0.1, 0.15) is 12.6 Å². The Kier molecular flexibility index (Phi) is 11.3. The second kappa shape index (κ2) is 13.5. The maximum atomic E-state index is 13.7. The molecule has 2 aromatic rings. The van der Waals surface area contributed by atoms with Gasteiger partial charge in [0, 0.05) is 33.7 Å². The third kappa shape index (κ3) is 8.00. The number of nitrogens with zero attached hydrogens (tertiary/aromatic N) is 2. The minimum Gasteiger partial charge on any atom is -0.354 e. The molecule has 0 spiro atoms. The number of rotatable bonds is 12. The molecule has 36 heavy (non-hydrogen) atoms. The predicted molar refractivity (Wildman–Crippen MR) is 147 cm³/mol. The summed E-state index contributed by atoms with van der Waals surface area (Å²) >= 11 is 19.0. The van der Waals surface area contributed by atoms with Crippen molar-refractivity contribution in [3.63, 3.8) is 0 Å². The van der Waals surface area contributed by atoms with Crippen LogP contribution in [0.1, 0.15) is 44.2 Å². The first-order chi connectivity index (χ1) is 16.9. The van der Waals surface area contributed by atoms with Crippen LogP contribution in [0, 0.1) is 6.92 Å². The maximum Gasteiger partial charge on any atom is 0.244 e. The SMILES string of the molecule is CCCCNC(=O)[C@@H](CC)N(Cc1c(Cl)cccc1Cl)C(=O)CN(c1ccc(C)c(Cl)c1)S(C)(=O)=O. The van der Waals surface area contributed by atoms with Crippen molar-refractivity contribution in [2.45, 2.75) is 52.6 Å². The summed E-state index contributed by atoms with van der Waals surface area (Å²) in [6.45, 7) is 5.46. The van der Waals surface area contributed by atoms with E-state index in [1.165, 1.54) is 11.0 Å². The van der Waals surface area contributed by atoms with Gasteiger partial charge in [0.05, 0.1) is 11.9 Å². The molecular weight excluding hydrogens is 545 g/mol. The molecule has 0 fully saturated rings. The molecule has 0 saturated carbocycles. The Morgan fingerprint density at radius 2 is 1.67 bits per heavy atom. The summed E-state index contributed by atoms with van der Waals surface area (Å²) in [5, 5.41) is 3.92. The molecule has 0 aliphatic heterocycles. The van der Waals surface area contributed by atoms with E-state index in [1.54, 1.807) is 44.2 Å². The molecule has 2 rings (SSSR count). The first kappa shape index (κ1) is 30.2. The predicted octanol–water partition coefficient (Wildman–Crippen LogP) is 5.44. The van der Waals surface area contributed by atoms with Crippen LogP contribution in [0.4, 0.5) is 5.69 Å². The van der Waals surface area contributed by atoms with Gasteiger partial charge in [0.15, 0.2) is 0 Å². The molecule has 0 unspecified atom stereocenters. The molecule has 0 aliphatic rings. The van der Waals surface area contributed by atoms with E-state index in [2.05, 4.69) is 5.32 Å². The summed E-state index contributed by atoms with van der Waals surface area (Å²) in [6, 6.07) is 8.87. The van der Waals surface area contributed by atoms with E-state index < -0.39 is 28.5 Å². The van der Waals surface area contributed by atoms with Crippen LogP contribution in [0.2, 0.25) is 15.1 Å². The summed E-state index contributed by atoms with van der Waals surface area (Å²) in [5.41, 5.74) is 1.49. The molecule has 7 nitrogen and oxygen atoms in total. The minimum absolute atomic E-state index is 0.0662. The van der Waals surface area contributed by atoms with Crippen molar-refractivity contribution >= 4 is 62.3 Å². The Morgan fingerprint density at radius 3 is 2.19 bits per heavy atom. The Labute approximate surface area is 228 Å². The lowest BCUT2D eigenvalue weighted by Gasteiger charge is -2.33. The van der Waals surface area contributed by atoms with Gasteiger partial charge in [-0.1, -0.05) is 67.2 Å². The summed E-state index contributed by atoms with van der Waals surface area (Å²) < 4.78 is 26.4. The Morgan fingerprint density at radius 1 is 1.03 bits per heavy atom. The van der Waals surface area contributed by atoms with Gasteiger partial charge in [-0.05, 0) is 49.6 Å². The smallest absolute Gasteiger partial charge is 0.244 e. The summed E-state index contributed by atoms with van der Waals surface area (Å²) in [6.07, 6.45) is 3.01. The molecule has 198 valence electrons. The topological polar surface area (TPSA) is 86.8 Å². The van der Waals surface area contributed by atoms with Crippen molar-refractivity contribution in [3.8, 4) is 0 Å². The second-order valence-corrected chi connectivity index (χ2v) is 11.6. The van der Waals surface area contributed by atoms with E-state index in [-0.39, 0.29) is 18.1 Å². The third-order valence-electron chi connectivity index (χ3n) is 5.73. The second-order valence-electron chi connectivity index (χ2n) is 8.49. The standard InChI is InChI=1S/C25H32Cl3N3O4S/c1-5-7-13-29-25(33)23(6-2)30(15-19-20(26)9-8-10-21(19)27)24(32)16-31(36(4,34)35)18-12-11-17(3)22(28)14-18/h8-12,14,23H,5-7,13,15-16H2,1-4H3,(H,29,33)/t23-/m1/s1. The van der Waals surface area contributed by atoms with Crippen LogP contribution in [0.15, 0.2) is 36.4 Å². The van der Waals surface area contributed by atoms with Crippen LogP contribution in [0.3, 0.4) is 0 Å². The van der Waals surface area contributed by atoms with Gasteiger partial charge in [0.2, 0.25) is 21.8 Å². The van der Waals surface area contributed by atoms with Gasteiger partial charge in [0.25, 0.3) is 0 Å². The molecule has 11 heteroatoms. The van der Waals surface area contributed by atoms with Crippen LogP contribution in [-0.2, 0) is 26.2 Å². The molecule has 1 N–H and O–H groups in total. The van der Waals surface area contributed by atoms with E-state index in [0.717, 1.165) is 29.0 Å². The Hall–Kier alpha value is -2.00. The maximum absolute atomic E-state index is 13.7. The molecule has 0 radical (unpaired) electrons. The van der Waals surface area contributed by atoms with Gasteiger partial charge in [-0.3, -0.25) is 13.9 Å². The lowest BCUT2D eigenvalue weighted by molar-refractivity contribution is -0.140. The Balaban J connectivity index is 2.48. The first-order valence-corrected chi connectivity index (χ1v) is 14.6. The van der Waals surface area contributed by atoms with Gasteiger partial charge in [-0.2, -0.15) is 0 Å². The van der Waals surface area contributed by atoms with Crippen LogP contribution in [0.25, 0.3) is 0 Å². The van der Waals surface area contributed by atoms with Crippen molar-refractivity contribution in [1.82, 2.24) is 10.2 Å². The largest absolute Gasteiger partial charge is 0.354 e. The number of carbonyl (C=O) groups is 2. The van der Waals surface area contributed by atoms with Crippen LogP contribution in [-0.4, -0.2) is 50.5 Å². The van der Waals surface area contributed by atoms with E-state index >= 15 is 0 Å². The van der Waals surface area contributed by atoms with Crippen molar-refractivity contribution in [2.75, 3.05) is 23.7 Å². The number of anilines is 1. The van der Waals surface area contributed by atoms with Crippen LogP contribution < -0.4 is 9.62 Å². The number of unbranched alkanes of at least 4 members (excludes halogenated alkanes) is 1.